The van der Waals surface area contributed by atoms with E-state index in [-0.39, 0.29) is 10.5 Å². The van der Waals surface area contributed by atoms with Gasteiger partial charge >= 0.3 is 0 Å². The lowest BCUT2D eigenvalue weighted by atomic mass is 10.2. The lowest BCUT2D eigenvalue weighted by Gasteiger charge is -2.07. The molecule has 0 radical (unpaired) electrons. The zero-order valence-electron chi connectivity index (χ0n) is 7.37. The van der Waals surface area contributed by atoms with Crippen molar-refractivity contribution in [3.8, 4) is 0 Å². The molecule has 1 rings (SSSR count). The van der Waals surface area contributed by atoms with Crippen molar-refractivity contribution in [1.82, 2.24) is 0 Å². The average molecular weight is 215 g/mol. The molecule has 1 aromatic carbocycles. The van der Waals surface area contributed by atoms with E-state index in [9.17, 15) is 4.79 Å². The fraction of sp³-hybridized carbons (Fsp3) is 0.300. The maximum absolute atomic E-state index is 10.7. The Hall–Kier alpha value is -0.470. The van der Waals surface area contributed by atoms with Crippen LogP contribution < -0.4 is 0 Å². The maximum atomic E-state index is 10.7. The van der Waals surface area contributed by atoms with Gasteiger partial charge in [-0.3, -0.25) is 4.79 Å². The quantitative estimate of drug-likeness (QED) is 0.719. The van der Waals surface area contributed by atoms with Crippen molar-refractivity contribution in [2.75, 3.05) is 5.75 Å². The Kier molecular flexibility index (Phi) is 4.33. The first kappa shape index (κ1) is 10.6. The second-order valence-electron chi connectivity index (χ2n) is 2.68. The maximum Gasteiger partial charge on any atom is 0.185 e. The van der Waals surface area contributed by atoms with E-state index in [0.29, 0.717) is 5.75 Å². The van der Waals surface area contributed by atoms with Gasteiger partial charge in [0.2, 0.25) is 0 Å². The first-order chi connectivity index (χ1) is 6.20. The van der Waals surface area contributed by atoms with Crippen molar-refractivity contribution in [3.63, 3.8) is 0 Å². The standard InChI is InChI=1S/C10H11ClOS/c1-8(12)13-7-10(11)9-5-3-2-4-6-9/h2-6,10H,7H2,1H3. The number of carbonyl (C=O) groups excluding carboxylic acids is 1. The predicted octanol–water partition coefficient (Wildman–Crippen LogP) is 3.25. The predicted molar refractivity (Wildman–Crippen MR) is 58.2 cm³/mol. The van der Waals surface area contributed by atoms with Crippen LogP contribution in [-0.2, 0) is 4.79 Å². The van der Waals surface area contributed by atoms with Crippen LogP contribution in [0.25, 0.3) is 0 Å². The van der Waals surface area contributed by atoms with Gasteiger partial charge in [-0.25, -0.2) is 0 Å². The average Bonchev–Trinajstić information content (AvgIpc) is 2.15. The summed E-state index contributed by atoms with van der Waals surface area (Å²) in [5.74, 6) is 0.640. The molecule has 0 aliphatic carbocycles. The highest BCUT2D eigenvalue weighted by Crippen LogP contribution is 2.24. The van der Waals surface area contributed by atoms with Crippen LogP contribution in [0.1, 0.15) is 17.9 Å². The first-order valence-electron chi connectivity index (χ1n) is 4.02. The van der Waals surface area contributed by atoms with Crippen molar-refractivity contribution in [2.24, 2.45) is 0 Å². The normalized spacial score (nSPS) is 12.5. The van der Waals surface area contributed by atoms with Crippen molar-refractivity contribution in [1.29, 1.82) is 0 Å². The molecule has 0 fully saturated rings. The number of carbonyl (C=O) groups is 1. The Bertz CT molecular complexity index is 274. The number of alkyl halides is 1. The molecule has 0 aromatic heterocycles. The molecule has 0 spiro atoms. The van der Waals surface area contributed by atoms with Crippen molar-refractivity contribution < 1.29 is 4.79 Å². The molecule has 0 N–H and O–H groups in total. The van der Waals surface area contributed by atoms with Gasteiger partial charge < -0.3 is 0 Å². The van der Waals surface area contributed by atoms with E-state index < -0.39 is 0 Å². The van der Waals surface area contributed by atoms with Crippen LogP contribution in [-0.4, -0.2) is 10.9 Å². The Morgan fingerprint density at radius 1 is 1.46 bits per heavy atom. The van der Waals surface area contributed by atoms with Crippen molar-refractivity contribution >= 4 is 28.5 Å². The lowest BCUT2D eigenvalue weighted by Crippen LogP contribution is -1.95. The summed E-state index contributed by atoms with van der Waals surface area (Å²) in [6.45, 7) is 1.55. The van der Waals surface area contributed by atoms with Crippen LogP contribution in [0, 0.1) is 0 Å². The van der Waals surface area contributed by atoms with Crippen LogP contribution in [0.4, 0.5) is 0 Å². The second-order valence-corrected chi connectivity index (χ2v) is 4.40. The molecule has 0 aliphatic rings. The minimum Gasteiger partial charge on any atom is -0.288 e. The van der Waals surface area contributed by atoms with Gasteiger partial charge in [-0.15, -0.1) is 11.6 Å². The summed E-state index contributed by atoms with van der Waals surface area (Å²) in [6, 6.07) is 9.79. The molecule has 0 saturated carbocycles. The molecule has 1 nitrogen and oxygen atoms in total. The number of thioether (sulfide) groups is 1. The van der Waals surface area contributed by atoms with Crippen LogP contribution in [0.5, 0.6) is 0 Å². The van der Waals surface area contributed by atoms with Gasteiger partial charge in [-0.2, -0.15) is 0 Å². The molecule has 3 heteroatoms. The molecule has 0 saturated heterocycles. The number of hydrogen-bond donors (Lipinski definition) is 0. The molecule has 0 bridgehead atoms. The minimum absolute atomic E-state index is 0.0740. The van der Waals surface area contributed by atoms with Crippen LogP contribution in [0.3, 0.4) is 0 Å². The molecule has 1 unspecified atom stereocenters. The largest absolute Gasteiger partial charge is 0.288 e. The molecule has 0 heterocycles. The zero-order valence-corrected chi connectivity index (χ0v) is 8.94. The summed E-state index contributed by atoms with van der Waals surface area (Å²) in [5.41, 5.74) is 1.07. The second kappa shape index (κ2) is 5.30. The summed E-state index contributed by atoms with van der Waals surface area (Å²) in [5, 5.41) is 0.0386. The van der Waals surface area contributed by atoms with Gasteiger partial charge in [0.25, 0.3) is 0 Å². The van der Waals surface area contributed by atoms with Gasteiger partial charge in [0.1, 0.15) is 0 Å². The van der Waals surface area contributed by atoms with Gasteiger partial charge in [0, 0.05) is 12.7 Å². The third-order valence-electron chi connectivity index (χ3n) is 1.59. The summed E-state index contributed by atoms with van der Waals surface area (Å²) >= 11 is 7.34. The molecule has 1 aromatic rings. The Morgan fingerprint density at radius 3 is 2.62 bits per heavy atom. The van der Waals surface area contributed by atoms with E-state index in [0.717, 1.165) is 5.56 Å². The van der Waals surface area contributed by atoms with E-state index in [1.807, 2.05) is 30.3 Å². The van der Waals surface area contributed by atoms with Crippen LogP contribution >= 0.6 is 23.4 Å². The monoisotopic (exact) mass is 214 g/mol. The molecule has 0 amide bonds. The summed E-state index contributed by atoms with van der Waals surface area (Å²) < 4.78 is 0. The SMILES string of the molecule is CC(=O)SCC(Cl)c1ccccc1. The van der Waals surface area contributed by atoms with E-state index >= 15 is 0 Å². The highest BCUT2D eigenvalue weighted by atomic mass is 35.5. The number of halogens is 1. The van der Waals surface area contributed by atoms with Crippen molar-refractivity contribution in [2.45, 2.75) is 12.3 Å². The number of rotatable bonds is 3. The van der Waals surface area contributed by atoms with E-state index in [1.54, 1.807) is 6.92 Å². The molecular weight excluding hydrogens is 204 g/mol. The van der Waals surface area contributed by atoms with Crippen LogP contribution in [0.15, 0.2) is 30.3 Å². The molecular formula is C10H11ClOS. The smallest absolute Gasteiger partial charge is 0.185 e. The van der Waals surface area contributed by atoms with Gasteiger partial charge in [-0.1, -0.05) is 42.1 Å². The number of hydrogen-bond acceptors (Lipinski definition) is 2. The summed E-state index contributed by atoms with van der Waals surface area (Å²) in [4.78, 5) is 10.7. The highest BCUT2D eigenvalue weighted by Gasteiger charge is 2.08. The van der Waals surface area contributed by atoms with E-state index in [4.69, 9.17) is 11.6 Å². The molecule has 0 aliphatic heterocycles. The van der Waals surface area contributed by atoms with Gasteiger partial charge in [-0.05, 0) is 5.56 Å². The van der Waals surface area contributed by atoms with Crippen LogP contribution in [0.2, 0.25) is 0 Å². The molecule has 1 atom stereocenters. The fourth-order valence-electron chi connectivity index (χ4n) is 0.949. The molecule has 13 heavy (non-hydrogen) atoms. The zero-order chi connectivity index (χ0) is 9.68. The highest BCUT2D eigenvalue weighted by molar-refractivity contribution is 8.13. The summed E-state index contributed by atoms with van der Waals surface area (Å²) in [7, 11) is 0. The lowest BCUT2D eigenvalue weighted by molar-refractivity contribution is -0.109. The number of benzene rings is 1. The van der Waals surface area contributed by atoms with Gasteiger partial charge in [0.15, 0.2) is 5.12 Å². The fourth-order valence-corrected chi connectivity index (χ4v) is 1.86. The Labute approximate surface area is 87.5 Å². The van der Waals surface area contributed by atoms with E-state index in [2.05, 4.69) is 0 Å². The third-order valence-corrected chi connectivity index (χ3v) is 3.09. The van der Waals surface area contributed by atoms with E-state index in [1.165, 1.54) is 11.8 Å². The van der Waals surface area contributed by atoms with Crippen molar-refractivity contribution in [3.05, 3.63) is 35.9 Å². The Balaban J connectivity index is 2.49. The summed E-state index contributed by atoms with van der Waals surface area (Å²) in [6.07, 6.45) is 0. The minimum atomic E-state index is -0.0740. The topological polar surface area (TPSA) is 17.1 Å². The Morgan fingerprint density at radius 2 is 2.08 bits per heavy atom. The third kappa shape index (κ3) is 3.83. The first-order valence-corrected chi connectivity index (χ1v) is 5.44. The van der Waals surface area contributed by atoms with Gasteiger partial charge in [0.05, 0.1) is 5.38 Å². The molecule has 70 valence electrons.